The van der Waals surface area contributed by atoms with Gasteiger partial charge in [0.05, 0.1) is 19.8 Å². The van der Waals surface area contributed by atoms with Crippen LogP contribution in [-0.4, -0.2) is 36.6 Å². The zero-order valence-corrected chi connectivity index (χ0v) is 14.8. The summed E-state index contributed by atoms with van der Waals surface area (Å²) in [6.07, 6.45) is 0.998. The SMILES string of the molecule is COc1ccc(CC(=O)N[C@@H](Cc2coc3ccccc23)OB(O)O)cc1. The van der Waals surface area contributed by atoms with E-state index in [0.717, 1.165) is 16.5 Å². The van der Waals surface area contributed by atoms with E-state index in [0.29, 0.717) is 11.3 Å². The Labute approximate surface area is 156 Å². The lowest BCUT2D eigenvalue weighted by Gasteiger charge is -2.19. The van der Waals surface area contributed by atoms with E-state index in [1.54, 1.807) is 37.6 Å². The van der Waals surface area contributed by atoms with Crippen molar-refractivity contribution >= 4 is 24.2 Å². The zero-order chi connectivity index (χ0) is 19.2. The van der Waals surface area contributed by atoms with Crippen LogP contribution in [0.2, 0.25) is 0 Å². The second-order valence-corrected chi connectivity index (χ2v) is 6.00. The highest BCUT2D eigenvalue weighted by Crippen LogP contribution is 2.22. The molecule has 0 saturated heterocycles. The molecule has 2 aromatic carbocycles. The first kappa shape index (κ1) is 19.0. The summed E-state index contributed by atoms with van der Waals surface area (Å²) >= 11 is 0. The smallest absolute Gasteiger partial charge is 0.497 e. The fourth-order valence-electron chi connectivity index (χ4n) is 2.83. The molecule has 3 rings (SSSR count). The molecule has 0 aliphatic heterocycles. The average molecular weight is 369 g/mol. The molecule has 1 aromatic heterocycles. The van der Waals surface area contributed by atoms with Gasteiger partial charge in [0, 0.05) is 17.4 Å². The number of rotatable bonds is 8. The van der Waals surface area contributed by atoms with Gasteiger partial charge in [-0.15, -0.1) is 0 Å². The number of furan rings is 1. The number of fused-ring (bicyclic) bond motifs is 1. The molecule has 0 saturated carbocycles. The maximum absolute atomic E-state index is 12.3. The standard InChI is InChI=1S/C19H20BNO6/c1-25-15-8-6-13(7-9-15)10-18(22)21-19(27-20(23)24)11-14-12-26-17-5-3-2-4-16(14)17/h2-9,12,19,23-24H,10-11H2,1H3,(H,21,22)/t19-/m1/s1. The monoisotopic (exact) mass is 369 g/mol. The Hall–Kier alpha value is -2.81. The highest BCUT2D eigenvalue weighted by Gasteiger charge is 2.22. The predicted octanol–water partition coefficient (Wildman–Crippen LogP) is 1.65. The quantitative estimate of drug-likeness (QED) is 0.412. The van der Waals surface area contributed by atoms with E-state index in [9.17, 15) is 4.79 Å². The number of benzene rings is 2. The van der Waals surface area contributed by atoms with E-state index in [1.165, 1.54) is 0 Å². The van der Waals surface area contributed by atoms with Crippen LogP contribution in [0, 0.1) is 0 Å². The number of para-hydroxylation sites is 1. The Balaban J connectivity index is 1.67. The number of ether oxygens (including phenoxy) is 1. The Kier molecular flexibility index (Phi) is 6.13. The third-order valence-electron chi connectivity index (χ3n) is 4.10. The molecule has 0 radical (unpaired) electrons. The molecule has 1 amide bonds. The second kappa shape index (κ2) is 8.72. The molecule has 3 aromatic rings. The lowest BCUT2D eigenvalue weighted by atomic mass is 10.1. The lowest BCUT2D eigenvalue weighted by molar-refractivity contribution is -0.123. The summed E-state index contributed by atoms with van der Waals surface area (Å²) in [6.45, 7) is 0. The summed E-state index contributed by atoms with van der Waals surface area (Å²) in [6, 6.07) is 14.6. The van der Waals surface area contributed by atoms with E-state index in [4.69, 9.17) is 23.9 Å². The second-order valence-electron chi connectivity index (χ2n) is 6.00. The zero-order valence-electron chi connectivity index (χ0n) is 14.8. The predicted molar refractivity (Wildman–Crippen MR) is 99.8 cm³/mol. The van der Waals surface area contributed by atoms with Crippen molar-refractivity contribution in [3.63, 3.8) is 0 Å². The number of amides is 1. The molecule has 140 valence electrons. The molecular formula is C19H20BNO6. The van der Waals surface area contributed by atoms with Gasteiger partial charge in [-0.3, -0.25) is 4.79 Å². The highest BCUT2D eigenvalue weighted by atomic mass is 16.6. The maximum atomic E-state index is 12.3. The highest BCUT2D eigenvalue weighted by molar-refractivity contribution is 6.32. The van der Waals surface area contributed by atoms with Crippen LogP contribution in [0.5, 0.6) is 5.75 Å². The van der Waals surface area contributed by atoms with E-state index >= 15 is 0 Å². The summed E-state index contributed by atoms with van der Waals surface area (Å²) in [5.41, 5.74) is 2.30. The van der Waals surface area contributed by atoms with Crippen LogP contribution in [0.25, 0.3) is 11.0 Å². The van der Waals surface area contributed by atoms with Crippen LogP contribution in [0.4, 0.5) is 0 Å². The largest absolute Gasteiger partial charge is 0.635 e. The van der Waals surface area contributed by atoms with Crippen molar-refractivity contribution in [1.82, 2.24) is 5.32 Å². The summed E-state index contributed by atoms with van der Waals surface area (Å²) in [5.74, 6) is 0.397. The Morgan fingerprint density at radius 1 is 1.19 bits per heavy atom. The number of carbonyl (C=O) groups is 1. The first-order chi connectivity index (χ1) is 13.0. The van der Waals surface area contributed by atoms with Gasteiger partial charge in [0.2, 0.25) is 5.91 Å². The molecule has 7 nitrogen and oxygen atoms in total. The van der Waals surface area contributed by atoms with E-state index in [1.807, 2.05) is 24.3 Å². The van der Waals surface area contributed by atoms with E-state index in [-0.39, 0.29) is 18.7 Å². The van der Waals surface area contributed by atoms with Gasteiger partial charge in [0.15, 0.2) is 0 Å². The molecule has 3 N–H and O–H groups in total. The molecular weight excluding hydrogens is 349 g/mol. The van der Waals surface area contributed by atoms with Crippen LogP contribution in [0.15, 0.2) is 59.2 Å². The van der Waals surface area contributed by atoms with Gasteiger partial charge >= 0.3 is 7.32 Å². The first-order valence-corrected chi connectivity index (χ1v) is 8.44. The third-order valence-corrected chi connectivity index (χ3v) is 4.10. The minimum absolute atomic E-state index is 0.123. The Morgan fingerprint density at radius 3 is 2.63 bits per heavy atom. The molecule has 1 atom stereocenters. The molecule has 1 heterocycles. The molecule has 0 spiro atoms. The molecule has 27 heavy (non-hydrogen) atoms. The van der Waals surface area contributed by atoms with E-state index in [2.05, 4.69) is 5.32 Å². The minimum atomic E-state index is -2.01. The Bertz CT molecular complexity index is 893. The summed E-state index contributed by atoms with van der Waals surface area (Å²) in [7, 11) is -0.432. The molecule has 0 aliphatic carbocycles. The van der Waals surface area contributed by atoms with Crippen molar-refractivity contribution in [2.45, 2.75) is 19.1 Å². The first-order valence-electron chi connectivity index (χ1n) is 8.44. The molecule has 0 unspecified atom stereocenters. The van der Waals surface area contributed by atoms with Gasteiger partial charge in [-0.25, -0.2) is 0 Å². The van der Waals surface area contributed by atoms with Crippen molar-refractivity contribution in [2.75, 3.05) is 7.11 Å². The van der Waals surface area contributed by atoms with Crippen molar-refractivity contribution in [3.8, 4) is 5.75 Å². The van der Waals surface area contributed by atoms with Crippen molar-refractivity contribution in [1.29, 1.82) is 0 Å². The summed E-state index contributed by atoms with van der Waals surface area (Å²) in [4.78, 5) is 12.3. The maximum Gasteiger partial charge on any atom is 0.635 e. The van der Waals surface area contributed by atoms with E-state index < -0.39 is 13.5 Å². The molecule has 0 bridgehead atoms. The molecule has 0 fully saturated rings. The van der Waals surface area contributed by atoms with Crippen LogP contribution in [0.1, 0.15) is 11.1 Å². The minimum Gasteiger partial charge on any atom is -0.497 e. The van der Waals surface area contributed by atoms with Crippen LogP contribution < -0.4 is 10.1 Å². The number of hydrogen-bond donors (Lipinski definition) is 3. The summed E-state index contributed by atoms with van der Waals surface area (Å²) in [5, 5.41) is 21.9. The number of nitrogens with one attached hydrogen (secondary N) is 1. The van der Waals surface area contributed by atoms with Crippen LogP contribution >= 0.6 is 0 Å². The van der Waals surface area contributed by atoms with Crippen molar-refractivity contribution in [3.05, 3.63) is 65.9 Å². The average Bonchev–Trinajstić information content (AvgIpc) is 3.05. The third kappa shape index (κ3) is 5.10. The van der Waals surface area contributed by atoms with Gasteiger partial charge in [-0.2, -0.15) is 0 Å². The van der Waals surface area contributed by atoms with Gasteiger partial charge in [-0.1, -0.05) is 30.3 Å². The normalized spacial score (nSPS) is 12.0. The lowest BCUT2D eigenvalue weighted by Crippen LogP contribution is -2.43. The molecule has 0 aliphatic rings. The van der Waals surface area contributed by atoms with Crippen LogP contribution in [-0.2, 0) is 22.3 Å². The summed E-state index contributed by atoms with van der Waals surface area (Å²) < 4.78 is 15.6. The fraction of sp³-hybridized carbons (Fsp3) is 0.211. The van der Waals surface area contributed by atoms with Crippen LogP contribution in [0.3, 0.4) is 0 Å². The number of methoxy groups -OCH3 is 1. The Morgan fingerprint density at radius 2 is 1.93 bits per heavy atom. The van der Waals surface area contributed by atoms with Crippen molar-refractivity contribution in [2.24, 2.45) is 0 Å². The van der Waals surface area contributed by atoms with Gasteiger partial charge in [0.1, 0.15) is 17.6 Å². The number of carbonyl (C=O) groups excluding carboxylic acids is 1. The van der Waals surface area contributed by atoms with Crippen molar-refractivity contribution < 1.29 is 28.7 Å². The number of hydrogen-bond acceptors (Lipinski definition) is 6. The van der Waals surface area contributed by atoms with Gasteiger partial charge < -0.3 is 29.2 Å². The molecule has 8 heteroatoms. The fourth-order valence-corrected chi connectivity index (χ4v) is 2.83. The topological polar surface area (TPSA) is 101 Å². The van der Waals surface area contributed by atoms with Gasteiger partial charge in [0.25, 0.3) is 0 Å². The van der Waals surface area contributed by atoms with Gasteiger partial charge in [-0.05, 0) is 23.8 Å².